The van der Waals surface area contributed by atoms with E-state index in [1.54, 1.807) is 7.05 Å². The maximum absolute atomic E-state index is 12.2. The first-order chi connectivity index (χ1) is 10.3. The SMILES string of the molecule is CN=C(NCCC(F)(F)F)NCC(C1CCCCC1)N(C)C. The van der Waals surface area contributed by atoms with Crippen LogP contribution in [0.15, 0.2) is 4.99 Å². The van der Waals surface area contributed by atoms with Crippen molar-refractivity contribution in [3.05, 3.63) is 0 Å². The quantitative estimate of drug-likeness (QED) is 0.583. The normalized spacial score (nSPS) is 19.3. The second-order valence-corrected chi connectivity index (χ2v) is 6.17. The summed E-state index contributed by atoms with van der Waals surface area (Å²) in [4.78, 5) is 6.19. The minimum absolute atomic E-state index is 0.154. The molecule has 7 heteroatoms. The number of nitrogens with one attached hydrogen (secondary N) is 2. The Morgan fingerprint density at radius 1 is 1.18 bits per heavy atom. The number of guanidine groups is 1. The minimum atomic E-state index is -4.14. The third kappa shape index (κ3) is 7.33. The number of aliphatic imine (C=N–C) groups is 1. The zero-order chi connectivity index (χ0) is 16.6. The highest BCUT2D eigenvalue weighted by Gasteiger charge is 2.27. The Labute approximate surface area is 131 Å². The molecule has 1 unspecified atom stereocenters. The van der Waals surface area contributed by atoms with E-state index < -0.39 is 12.6 Å². The molecule has 0 aromatic rings. The van der Waals surface area contributed by atoms with Gasteiger partial charge in [0.05, 0.1) is 6.42 Å². The topological polar surface area (TPSA) is 39.7 Å². The number of likely N-dealkylation sites (N-methyl/N-ethyl adjacent to an activating group) is 1. The van der Waals surface area contributed by atoms with Crippen LogP contribution in [0.3, 0.4) is 0 Å². The molecule has 0 aromatic carbocycles. The molecule has 4 nitrogen and oxygen atoms in total. The molecule has 0 amide bonds. The Morgan fingerprint density at radius 3 is 2.32 bits per heavy atom. The summed E-state index contributed by atoms with van der Waals surface area (Å²) in [7, 11) is 5.69. The first-order valence-electron chi connectivity index (χ1n) is 8.01. The van der Waals surface area contributed by atoms with Gasteiger partial charge in [-0.2, -0.15) is 13.2 Å². The Kier molecular flexibility index (Phi) is 8.00. The van der Waals surface area contributed by atoms with Gasteiger partial charge in [-0.3, -0.25) is 4.99 Å². The lowest BCUT2D eigenvalue weighted by atomic mass is 9.83. The lowest BCUT2D eigenvalue weighted by molar-refractivity contribution is -0.132. The number of halogens is 3. The van der Waals surface area contributed by atoms with E-state index in [1.807, 2.05) is 0 Å². The van der Waals surface area contributed by atoms with Gasteiger partial charge in [0.25, 0.3) is 0 Å². The summed E-state index contributed by atoms with van der Waals surface area (Å²) in [6, 6.07) is 0.376. The molecule has 0 aliphatic heterocycles. The Hall–Kier alpha value is -0.980. The van der Waals surface area contributed by atoms with Crippen molar-refractivity contribution in [2.45, 2.75) is 50.7 Å². The van der Waals surface area contributed by atoms with Crippen molar-refractivity contribution in [2.75, 3.05) is 34.2 Å². The van der Waals surface area contributed by atoms with Crippen LogP contribution in [0.4, 0.5) is 13.2 Å². The second-order valence-electron chi connectivity index (χ2n) is 6.17. The minimum Gasteiger partial charge on any atom is -0.356 e. The van der Waals surface area contributed by atoms with E-state index in [0.717, 1.165) is 0 Å². The lowest BCUT2D eigenvalue weighted by Gasteiger charge is -2.35. The fourth-order valence-electron chi connectivity index (χ4n) is 3.03. The van der Waals surface area contributed by atoms with Gasteiger partial charge in [-0.15, -0.1) is 0 Å². The molecule has 1 rings (SSSR count). The van der Waals surface area contributed by atoms with E-state index in [0.29, 0.717) is 24.5 Å². The molecule has 1 atom stereocenters. The van der Waals surface area contributed by atoms with Crippen LogP contribution in [0, 0.1) is 5.92 Å². The van der Waals surface area contributed by atoms with Gasteiger partial charge in [-0.1, -0.05) is 19.3 Å². The average Bonchev–Trinajstić information content (AvgIpc) is 2.45. The standard InChI is InChI=1S/C15H29F3N4/c1-19-14(20-10-9-15(16,17)18)21-11-13(22(2)3)12-7-5-4-6-8-12/h12-13H,4-11H2,1-3H3,(H2,19,20,21). The lowest BCUT2D eigenvalue weighted by Crippen LogP contribution is -2.48. The molecular weight excluding hydrogens is 293 g/mol. The summed E-state index contributed by atoms with van der Waals surface area (Å²) in [5, 5.41) is 5.89. The molecule has 1 saturated carbocycles. The second kappa shape index (κ2) is 9.22. The highest BCUT2D eigenvalue weighted by molar-refractivity contribution is 5.79. The maximum Gasteiger partial charge on any atom is 0.390 e. The van der Waals surface area contributed by atoms with E-state index in [9.17, 15) is 13.2 Å². The molecule has 0 spiro atoms. The fourth-order valence-corrected chi connectivity index (χ4v) is 3.03. The van der Waals surface area contributed by atoms with Crippen molar-refractivity contribution in [3.8, 4) is 0 Å². The molecule has 130 valence electrons. The third-order valence-electron chi connectivity index (χ3n) is 4.26. The zero-order valence-electron chi connectivity index (χ0n) is 13.8. The van der Waals surface area contributed by atoms with Crippen molar-refractivity contribution in [3.63, 3.8) is 0 Å². The molecule has 0 aromatic heterocycles. The highest BCUT2D eigenvalue weighted by Crippen LogP contribution is 2.28. The Morgan fingerprint density at radius 2 is 1.82 bits per heavy atom. The molecule has 1 aliphatic carbocycles. The maximum atomic E-state index is 12.2. The highest BCUT2D eigenvalue weighted by atomic mass is 19.4. The van der Waals surface area contributed by atoms with Crippen LogP contribution < -0.4 is 10.6 Å². The number of rotatable bonds is 6. The first-order valence-corrected chi connectivity index (χ1v) is 8.01. The van der Waals surface area contributed by atoms with Crippen LogP contribution in [-0.4, -0.2) is 57.3 Å². The number of alkyl halides is 3. The zero-order valence-corrected chi connectivity index (χ0v) is 13.8. The predicted molar refractivity (Wildman–Crippen MR) is 84.1 cm³/mol. The number of hydrogen-bond acceptors (Lipinski definition) is 2. The molecule has 0 heterocycles. The first kappa shape index (κ1) is 19.1. The van der Waals surface area contributed by atoms with Crippen molar-refractivity contribution in [1.29, 1.82) is 0 Å². The van der Waals surface area contributed by atoms with E-state index in [2.05, 4.69) is 34.6 Å². The van der Waals surface area contributed by atoms with Crippen LogP contribution in [0.2, 0.25) is 0 Å². The third-order valence-corrected chi connectivity index (χ3v) is 4.26. The van der Waals surface area contributed by atoms with Gasteiger partial charge in [-0.25, -0.2) is 0 Å². The number of nitrogens with zero attached hydrogens (tertiary/aromatic N) is 2. The van der Waals surface area contributed by atoms with E-state index in [-0.39, 0.29) is 6.54 Å². The van der Waals surface area contributed by atoms with Crippen molar-refractivity contribution in [2.24, 2.45) is 10.9 Å². The molecule has 0 radical (unpaired) electrons. The van der Waals surface area contributed by atoms with Crippen molar-refractivity contribution < 1.29 is 13.2 Å². The van der Waals surface area contributed by atoms with Gasteiger partial charge >= 0.3 is 6.18 Å². The smallest absolute Gasteiger partial charge is 0.356 e. The van der Waals surface area contributed by atoms with Crippen molar-refractivity contribution >= 4 is 5.96 Å². The Balaban J connectivity index is 2.41. The largest absolute Gasteiger partial charge is 0.390 e. The van der Waals surface area contributed by atoms with Crippen LogP contribution in [0.25, 0.3) is 0 Å². The van der Waals surface area contributed by atoms with Gasteiger partial charge in [0.1, 0.15) is 0 Å². The average molecular weight is 322 g/mol. The van der Waals surface area contributed by atoms with Gasteiger partial charge in [0, 0.05) is 26.2 Å². The van der Waals surface area contributed by atoms with Crippen LogP contribution >= 0.6 is 0 Å². The van der Waals surface area contributed by atoms with Gasteiger partial charge in [-0.05, 0) is 32.9 Å². The van der Waals surface area contributed by atoms with E-state index in [4.69, 9.17) is 0 Å². The summed E-state index contributed by atoms with van der Waals surface area (Å²) in [5.74, 6) is 1.08. The predicted octanol–water partition coefficient (Wildman–Crippen LogP) is 2.61. The summed E-state index contributed by atoms with van der Waals surface area (Å²) in [6.07, 6.45) is 1.31. The summed E-state index contributed by atoms with van der Waals surface area (Å²) >= 11 is 0. The number of hydrogen-bond donors (Lipinski definition) is 2. The Bertz CT molecular complexity index is 336. The molecular formula is C15H29F3N4. The van der Waals surface area contributed by atoms with E-state index >= 15 is 0 Å². The van der Waals surface area contributed by atoms with Crippen LogP contribution in [0.1, 0.15) is 38.5 Å². The monoisotopic (exact) mass is 322 g/mol. The molecule has 1 aliphatic rings. The summed E-state index contributed by atoms with van der Waals surface area (Å²) in [6.45, 7) is 0.544. The molecule has 0 saturated heterocycles. The summed E-state index contributed by atoms with van der Waals surface area (Å²) in [5.41, 5.74) is 0. The van der Waals surface area contributed by atoms with Crippen LogP contribution in [-0.2, 0) is 0 Å². The molecule has 22 heavy (non-hydrogen) atoms. The van der Waals surface area contributed by atoms with Gasteiger partial charge in [0.15, 0.2) is 5.96 Å². The van der Waals surface area contributed by atoms with Crippen LogP contribution in [0.5, 0.6) is 0 Å². The van der Waals surface area contributed by atoms with Crippen molar-refractivity contribution in [1.82, 2.24) is 15.5 Å². The fraction of sp³-hybridized carbons (Fsp3) is 0.933. The van der Waals surface area contributed by atoms with Gasteiger partial charge in [0.2, 0.25) is 0 Å². The molecule has 1 fully saturated rings. The molecule has 0 bridgehead atoms. The molecule has 2 N–H and O–H groups in total. The summed E-state index contributed by atoms with van der Waals surface area (Å²) < 4.78 is 36.5. The van der Waals surface area contributed by atoms with Gasteiger partial charge < -0.3 is 15.5 Å². The van der Waals surface area contributed by atoms with E-state index in [1.165, 1.54) is 32.1 Å².